The second kappa shape index (κ2) is 7.88. The van der Waals surface area contributed by atoms with E-state index in [-0.39, 0.29) is 18.2 Å². The van der Waals surface area contributed by atoms with E-state index in [1.54, 1.807) is 12.1 Å². The van der Waals surface area contributed by atoms with Gasteiger partial charge in [-0.05, 0) is 62.6 Å². The molecule has 0 saturated carbocycles. The highest BCUT2D eigenvalue weighted by molar-refractivity contribution is 6.44. The van der Waals surface area contributed by atoms with E-state index in [9.17, 15) is 14.9 Å². The molecule has 0 unspecified atom stereocenters. The van der Waals surface area contributed by atoms with Gasteiger partial charge >= 0.3 is 0 Å². The molecule has 1 N–H and O–H groups in total. The van der Waals surface area contributed by atoms with E-state index in [4.69, 9.17) is 0 Å². The number of hydrazone groups is 1. The largest absolute Gasteiger partial charge is 0.321 e. The van der Waals surface area contributed by atoms with Gasteiger partial charge in [-0.15, -0.1) is 0 Å². The molecule has 0 aromatic heterocycles. The molecule has 2 aromatic rings. The summed E-state index contributed by atoms with van der Waals surface area (Å²) in [5.41, 5.74) is 3.85. The summed E-state index contributed by atoms with van der Waals surface area (Å²) in [4.78, 5) is 25.1. The Morgan fingerprint density at radius 2 is 1.83 bits per heavy atom. The highest BCUT2D eigenvalue weighted by Gasteiger charge is 2.27. The SMILES string of the molecule is Cc1ccc(C)c(N2N=C(C(=O)Nc3ccc(C(C)(C)C#N)cc3)CCC2=O)c1. The monoisotopic (exact) mass is 388 g/mol. The molecule has 1 aliphatic heterocycles. The minimum Gasteiger partial charge on any atom is -0.321 e. The van der Waals surface area contributed by atoms with E-state index >= 15 is 0 Å². The molecule has 3 rings (SSSR count). The standard InChI is InChI=1S/C23H24N4O2/c1-15-5-6-16(2)20(13-15)27-21(28)12-11-19(26-27)22(29)25-18-9-7-17(8-10-18)23(3,4)14-24/h5-10,13H,11-12H2,1-4H3,(H,25,29). The van der Waals surface area contributed by atoms with Crippen LogP contribution in [0.4, 0.5) is 11.4 Å². The van der Waals surface area contributed by atoms with E-state index in [1.165, 1.54) is 5.01 Å². The maximum Gasteiger partial charge on any atom is 0.271 e. The molecule has 1 heterocycles. The van der Waals surface area contributed by atoms with Crippen LogP contribution in [0.1, 0.15) is 43.4 Å². The van der Waals surface area contributed by atoms with E-state index in [1.807, 2.05) is 58.0 Å². The Morgan fingerprint density at radius 3 is 2.48 bits per heavy atom. The van der Waals surface area contributed by atoms with E-state index in [0.717, 1.165) is 16.7 Å². The normalized spacial score (nSPS) is 14.2. The average molecular weight is 388 g/mol. The molecular formula is C23H24N4O2. The van der Waals surface area contributed by atoms with Gasteiger partial charge in [0.2, 0.25) is 5.91 Å². The van der Waals surface area contributed by atoms with Gasteiger partial charge in [0.15, 0.2) is 0 Å². The maximum atomic E-state index is 12.7. The molecule has 0 saturated heterocycles. The van der Waals surface area contributed by atoms with Gasteiger partial charge in [0.1, 0.15) is 5.71 Å². The first kappa shape index (κ1) is 20.3. The molecule has 0 radical (unpaired) electrons. The molecule has 2 amide bonds. The fourth-order valence-electron chi connectivity index (χ4n) is 3.09. The number of anilines is 2. The summed E-state index contributed by atoms with van der Waals surface area (Å²) in [5.74, 6) is -0.460. The van der Waals surface area contributed by atoms with Crippen molar-refractivity contribution in [2.75, 3.05) is 10.3 Å². The van der Waals surface area contributed by atoms with Gasteiger partial charge in [0.05, 0.1) is 17.2 Å². The number of aryl methyl sites for hydroxylation is 2. The first-order chi connectivity index (χ1) is 13.7. The van der Waals surface area contributed by atoms with Crippen LogP contribution in [0.25, 0.3) is 0 Å². The molecule has 148 valence electrons. The summed E-state index contributed by atoms with van der Waals surface area (Å²) in [5, 5.41) is 17.8. The summed E-state index contributed by atoms with van der Waals surface area (Å²) in [6, 6.07) is 15.3. The number of carbonyl (C=O) groups is 2. The number of benzene rings is 2. The van der Waals surface area contributed by atoms with Crippen LogP contribution >= 0.6 is 0 Å². The number of nitrogens with one attached hydrogen (secondary N) is 1. The van der Waals surface area contributed by atoms with Crippen LogP contribution in [0.5, 0.6) is 0 Å². The van der Waals surface area contributed by atoms with Crippen LogP contribution in [0.2, 0.25) is 0 Å². The smallest absolute Gasteiger partial charge is 0.271 e. The van der Waals surface area contributed by atoms with Crippen LogP contribution in [0.3, 0.4) is 0 Å². The lowest BCUT2D eigenvalue weighted by molar-refractivity contribution is -0.118. The van der Waals surface area contributed by atoms with Crippen LogP contribution in [0.15, 0.2) is 47.6 Å². The van der Waals surface area contributed by atoms with Gasteiger partial charge in [0, 0.05) is 18.5 Å². The summed E-state index contributed by atoms with van der Waals surface area (Å²) < 4.78 is 0. The molecule has 0 fully saturated rings. The number of carbonyl (C=O) groups excluding carboxylic acids is 2. The lowest BCUT2D eigenvalue weighted by atomic mass is 9.86. The molecule has 0 bridgehead atoms. The van der Waals surface area contributed by atoms with Gasteiger partial charge in [-0.2, -0.15) is 10.4 Å². The second-order valence-corrected chi connectivity index (χ2v) is 7.81. The van der Waals surface area contributed by atoms with Crippen LogP contribution < -0.4 is 10.3 Å². The Hall–Kier alpha value is -3.46. The Morgan fingerprint density at radius 1 is 1.14 bits per heavy atom. The van der Waals surface area contributed by atoms with Crippen molar-refractivity contribution in [2.24, 2.45) is 5.10 Å². The molecule has 29 heavy (non-hydrogen) atoms. The molecule has 2 aromatic carbocycles. The average Bonchev–Trinajstić information content (AvgIpc) is 2.70. The lowest BCUT2D eigenvalue weighted by Gasteiger charge is -2.25. The fourth-order valence-corrected chi connectivity index (χ4v) is 3.09. The molecule has 1 aliphatic rings. The first-order valence-electron chi connectivity index (χ1n) is 9.52. The number of amides is 2. The van der Waals surface area contributed by atoms with E-state index < -0.39 is 5.41 Å². The van der Waals surface area contributed by atoms with E-state index in [0.29, 0.717) is 23.5 Å². The van der Waals surface area contributed by atoms with Crippen LogP contribution in [0, 0.1) is 25.2 Å². The number of hydrogen-bond acceptors (Lipinski definition) is 4. The number of hydrogen-bond donors (Lipinski definition) is 1. The zero-order chi connectivity index (χ0) is 21.2. The van der Waals surface area contributed by atoms with Crippen molar-refractivity contribution in [3.63, 3.8) is 0 Å². The minimum absolute atomic E-state index is 0.127. The highest BCUT2D eigenvalue weighted by atomic mass is 16.2. The lowest BCUT2D eigenvalue weighted by Crippen LogP contribution is -2.36. The summed E-state index contributed by atoms with van der Waals surface area (Å²) >= 11 is 0. The van der Waals surface area contributed by atoms with Crippen molar-refractivity contribution in [1.29, 1.82) is 5.26 Å². The van der Waals surface area contributed by atoms with Crippen molar-refractivity contribution in [2.45, 2.75) is 46.0 Å². The van der Waals surface area contributed by atoms with Crippen molar-refractivity contribution in [3.05, 3.63) is 59.2 Å². The van der Waals surface area contributed by atoms with Crippen molar-refractivity contribution in [1.82, 2.24) is 0 Å². The number of nitriles is 1. The topological polar surface area (TPSA) is 85.6 Å². The molecular weight excluding hydrogens is 364 g/mol. The quantitative estimate of drug-likeness (QED) is 0.851. The van der Waals surface area contributed by atoms with Gasteiger partial charge in [-0.25, -0.2) is 5.01 Å². The van der Waals surface area contributed by atoms with E-state index in [2.05, 4.69) is 16.5 Å². The summed E-state index contributed by atoms with van der Waals surface area (Å²) in [7, 11) is 0. The third-order valence-electron chi connectivity index (χ3n) is 5.03. The van der Waals surface area contributed by atoms with Gasteiger partial charge in [-0.3, -0.25) is 9.59 Å². The molecule has 6 heteroatoms. The number of nitrogens with zero attached hydrogens (tertiary/aromatic N) is 3. The zero-order valence-electron chi connectivity index (χ0n) is 17.1. The summed E-state index contributed by atoms with van der Waals surface area (Å²) in [6.45, 7) is 7.55. The second-order valence-electron chi connectivity index (χ2n) is 7.81. The fraction of sp³-hybridized carbons (Fsp3) is 0.304. The summed E-state index contributed by atoms with van der Waals surface area (Å²) in [6.07, 6.45) is 0.528. The third-order valence-corrected chi connectivity index (χ3v) is 5.03. The van der Waals surface area contributed by atoms with Crippen molar-refractivity contribution < 1.29 is 9.59 Å². The third kappa shape index (κ3) is 4.35. The molecule has 0 spiro atoms. The Bertz CT molecular complexity index is 1030. The molecule has 0 aliphatic carbocycles. The number of rotatable bonds is 4. The molecule has 0 atom stereocenters. The highest BCUT2D eigenvalue weighted by Crippen LogP contribution is 2.26. The Kier molecular flexibility index (Phi) is 5.51. The maximum absolute atomic E-state index is 12.7. The van der Waals surface area contributed by atoms with Crippen LogP contribution in [-0.2, 0) is 15.0 Å². The van der Waals surface area contributed by atoms with Crippen molar-refractivity contribution in [3.8, 4) is 6.07 Å². The molecule has 6 nitrogen and oxygen atoms in total. The predicted octanol–water partition coefficient (Wildman–Crippen LogP) is 4.23. The van der Waals surface area contributed by atoms with Crippen LogP contribution in [-0.4, -0.2) is 17.5 Å². The van der Waals surface area contributed by atoms with Gasteiger partial charge in [0.25, 0.3) is 5.91 Å². The first-order valence-corrected chi connectivity index (χ1v) is 9.52. The predicted molar refractivity (Wildman–Crippen MR) is 114 cm³/mol. The zero-order valence-corrected chi connectivity index (χ0v) is 17.1. The Labute approximate surface area is 170 Å². The van der Waals surface area contributed by atoms with Gasteiger partial charge < -0.3 is 5.32 Å². The Balaban J connectivity index is 1.81. The minimum atomic E-state index is -0.595. The van der Waals surface area contributed by atoms with Gasteiger partial charge in [-0.1, -0.05) is 24.3 Å². The van der Waals surface area contributed by atoms with Crippen molar-refractivity contribution >= 4 is 28.9 Å².